The second-order valence-electron chi connectivity index (χ2n) is 6.78. The largest absolute Gasteiger partial charge is 0.379 e. The molecule has 3 fully saturated rings. The average Bonchev–Trinajstić information content (AvgIpc) is 2.91. The maximum absolute atomic E-state index is 12.8. The van der Waals surface area contributed by atoms with Crippen LogP contribution in [0, 0.1) is 5.92 Å². The predicted molar refractivity (Wildman–Crippen MR) is 81.9 cm³/mol. The van der Waals surface area contributed by atoms with Gasteiger partial charge in [0.05, 0.1) is 19.1 Å². The van der Waals surface area contributed by atoms with Crippen LogP contribution in [0.3, 0.4) is 0 Å². The number of hydrogen-bond donors (Lipinski definition) is 1. The highest BCUT2D eigenvalue weighted by molar-refractivity contribution is 5.80. The van der Waals surface area contributed by atoms with Gasteiger partial charge in [0.1, 0.15) is 0 Å². The third kappa shape index (κ3) is 3.58. The van der Waals surface area contributed by atoms with Crippen molar-refractivity contribution in [2.24, 2.45) is 11.7 Å². The lowest BCUT2D eigenvalue weighted by Gasteiger charge is -2.32. The summed E-state index contributed by atoms with van der Waals surface area (Å²) < 4.78 is 5.42. The molecule has 21 heavy (non-hydrogen) atoms. The summed E-state index contributed by atoms with van der Waals surface area (Å²) in [4.78, 5) is 17.4. The molecule has 3 atom stereocenters. The molecule has 0 spiro atoms. The zero-order valence-corrected chi connectivity index (χ0v) is 13.0. The third-order valence-electron chi connectivity index (χ3n) is 5.42. The van der Waals surface area contributed by atoms with Crippen molar-refractivity contribution >= 4 is 5.91 Å². The number of likely N-dealkylation sites (tertiary alicyclic amines) is 1. The molecule has 3 aliphatic rings. The Balaban J connectivity index is 1.55. The van der Waals surface area contributed by atoms with Gasteiger partial charge in [-0.3, -0.25) is 9.69 Å². The standard InChI is InChI=1S/C16H29N3O2/c17-15-5-3-1-2-4-14(15)16(20)19-7-6-13(12-19)18-8-10-21-11-9-18/h13-15H,1-12,17H2. The zero-order chi connectivity index (χ0) is 14.7. The molecular formula is C16H29N3O2. The minimum Gasteiger partial charge on any atom is -0.379 e. The normalized spacial score (nSPS) is 35.7. The van der Waals surface area contributed by atoms with Gasteiger partial charge in [-0.15, -0.1) is 0 Å². The van der Waals surface area contributed by atoms with Crippen LogP contribution in [0.1, 0.15) is 38.5 Å². The van der Waals surface area contributed by atoms with Crippen LogP contribution in [0.5, 0.6) is 0 Å². The summed E-state index contributed by atoms with van der Waals surface area (Å²) in [6.07, 6.45) is 6.67. The Kier molecular flexibility index (Phi) is 5.14. The fourth-order valence-corrected chi connectivity index (χ4v) is 4.06. The highest BCUT2D eigenvalue weighted by Gasteiger charge is 2.36. The summed E-state index contributed by atoms with van der Waals surface area (Å²) in [6, 6.07) is 0.599. The Labute approximate surface area is 127 Å². The SMILES string of the molecule is NC1CCCCCC1C(=O)N1CCC(N2CCOCC2)C1. The Morgan fingerprint density at radius 2 is 1.76 bits per heavy atom. The minimum atomic E-state index is 0.0657. The van der Waals surface area contributed by atoms with Gasteiger partial charge >= 0.3 is 0 Å². The van der Waals surface area contributed by atoms with E-state index >= 15 is 0 Å². The molecule has 2 N–H and O–H groups in total. The number of morpholine rings is 1. The van der Waals surface area contributed by atoms with Gasteiger partial charge in [-0.25, -0.2) is 0 Å². The van der Waals surface area contributed by atoms with Crippen molar-refractivity contribution in [3.63, 3.8) is 0 Å². The highest BCUT2D eigenvalue weighted by atomic mass is 16.5. The fourth-order valence-electron chi connectivity index (χ4n) is 4.06. The second-order valence-corrected chi connectivity index (χ2v) is 6.78. The van der Waals surface area contributed by atoms with Crippen molar-refractivity contribution < 1.29 is 9.53 Å². The molecule has 0 aromatic heterocycles. The third-order valence-corrected chi connectivity index (χ3v) is 5.42. The molecule has 2 saturated heterocycles. The molecule has 0 aromatic carbocycles. The summed E-state index contributed by atoms with van der Waals surface area (Å²) >= 11 is 0. The number of amides is 1. The number of nitrogens with two attached hydrogens (primary N) is 1. The van der Waals surface area contributed by atoms with Crippen molar-refractivity contribution in [3.05, 3.63) is 0 Å². The molecule has 5 heteroatoms. The van der Waals surface area contributed by atoms with Crippen molar-refractivity contribution in [1.82, 2.24) is 9.80 Å². The Bertz CT molecular complexity index is 357. The molecule has 1 saturated carbocycles. The smallest absolute Gasteiger partial charge is 0.227 e. The van der Waals surface area contributed by atoms with Crippen LogP contribution in [-0.4, -0.2) is 67.2 Å². The maximum Gasteiger partial charge on any atom is 0.227 e. The second kappa shape index (κ2) is 7.07. The number of rotatable bonds is 2. The molecule has 3 rings (SSSR count). The van der Waals surface area contributed by atoms with Crippen LogP contribution in [0.25, 0.3) is 0 Å². The Hall–Kier alpha value is -0.650. The lowest BCUT2D eigenvalue weighted by atomic mass is 9.94. The number of carbonyl (C=O) groups excluding carboxylic acids is 1. The van der Waals surface area contributed by atoms with Crippen LogP contribution in [0.2, 0.25) is 0 Å². The van der Waals surface area contributed by atoms with E-state index in [1.165, 1.54) is 12.8 Å². The first-order valence-electron chi connectivity index (χ1n) is 8.62. The van der Waals surface area contributed by atoms with Gasteiger partial charge in [0, 0.05) is 38.3 Å². The van der Waals surface area contributed by atoms with Crippen LogP contribution < -0.4 is 5.73 Å². The number of carbonyl (C=O) groups is 1. The fraction of sp³-hybridized carbons (Fsp3) is 0.938. The lowest BCUT2D eigenvalue weighted by molar-refractivity contribution is -0.135. The van der Waals surface area contributed by atoms with Crippen LogP contribution in [0.15, 0.2) is 0 Å². The zero-order valence-electron chi connectivity index (χ0n) is 13.0. The quantitative estimate of drug-likeness (QED) is 0.767. The van der Waals surface area contributed by atoms with Gasteiger partial charge in [-0.05, 0) is 19.3 Å². The molecule has 3 unspecified atom stereocenters. The van der Waals surface area contributed by atoms with Gasteiger partial charge in [0.2, 0.25) is 5.91 Å². The predicted octanol–water partition coefficient (Wildman–Crippen LogP) is 0.827. The van der Waals surface area contributed by atoms with Gasteiger partial charge in [-0.2, -0.15) is 0 Å². The van der Waals surface area contributed by atoms with E-state index in [0.717, 1.165) is 65.1 Å². The van der Waals surface area contributed by atoms with E-state index < -0.39 is 0 Å². The summed E-state index contributed by atoms with van der Waals surface area (Å²) in [6.45, 7) is 5.48. The van der Waals surface area contributed by atoms with Gasteiger partial charge in [0.15, 0.2) is 0 Å². The van der Waals surface area contributed by atoms with Crippen molar-refractivity contribution in [1.29, 1.82) is 0 Å². The first-order valence-corrected chi connectivity index (χ1v) is 8.62. The monoisotopic (exact) mass is 295 g/mol. The summed E-state index contributed by atoms with van der Waals surface area (Å²) in [7, 11) is 0. The minimum absolute atomic E-state index is 0.0657. The van der Waals surface area contributed by atoms with Gasteiger partial charge < -0.3 is 15.4 Å². The molecule has 0 aromatic rings. The van der Waals surface area contributed by atoms with E-state index in [4.69, 9.17) is 10.5 Å². The number of hydrogen-bond acceptors (Lipinski definition) is 4. The topological polar surface area (TPSA) is 58.8 Å². The van der Waals surface area contributed by atoms with Crippen LogP contribution >= 0.6 is 0 Å². The molecule has 0 bridgehead atoms. The maximum atomic E-state index is 12.8. The first kappa shape index (κ1) is 15.3. The molecule has 2 heterocycles. The molecule has 5 nitrogen and oxygen atoms in total. The van der Waals surface area contributed by atoms with Gasteiger partial charge in [-0.1, -0.05) is 19.3 Å². The molecule has 1 amide bonds. The van der Waals surface area contributed by atoms with Crippen molar-refractivity contribution in [3.8, 4) is 0 Å². The molecule has 2 aliphatic heterocycles. The van der Waals surface area contributed by atoms with E-state index in [2.05, 4.69) is 9.80 Å². The molecule has 0 radical (unpaired) electrons. The van der Waals surface area contributed by atoms with Crippen LogP contribution in [-0.2, 0) is 9.53 Å². The highest BCUT2D eigenvalue weighted by Crippen LogP contribution is 2.26. The Morgan fingerprint density at radius 1 is 1.00 bits per heavy atom. The average molecular weight is 295 g/mol. The molecular weight excluding hydrogens is 266 g/mol. The molecule has 120 valence electrons. The number of nitrogens with zero attached hydrogens (tertiary/aromatic N) is 2. The van der Waals surface area contributed by atoms with Crippen LogP contribution in [0.4, 0.5) is 0 Å². The summed E-state index contributed by atoms with van der Waals surface area (Å²) in [5, 5.41) is 0. The van der Waals surface area contributed by atoms with Gasteiger partial charge in [0.25, 0.3) is 0 Å². The van der Waals surface area contributed by atoms with Crippen molar-refractivity contribution in [2.75, 3.05) is 39.4 Å². The molecule has 1 aliphatic carbocycles. The number of ether oxygens (including phenoxy) is 1. The van der Waals surface area contributed by atoms with Crippen molar-refractivity contribution in [2.45, 2.75) is 50.6 Å². The van der Waals surface area contributed by atoms with E-state index in [9.17, 15) is 4.79 Å². The summed E-state index contributed by atoms with van der Waals surface area (Å²) in [5.41, 5.74) is 6.25. The lowest BCUT2D eigenvalue weighted by Crippen LogP contribution is -2.47. The van der Waals surface area contributed by atoms with E-state index in [0.29, 0.717) is 11.9 Å². The summed E-state index contributed by atoms with van der Waals surface area (Å²) in [5.74, 6) is 0.385. The van der Waals surface area contributed by atoms with E-state index in [1.54, 1.807) is 0 Å². The Morgan fingerprint density at radius 3 is 2.57 bits per heavy atom. The van der Waals surface area contributed by atoms with E-state index in [-0.39, 0.29) is 12.0 Å². The first-order chi connectivity index (χ1) is 10.3. The van der Waals surface area contributed by atoms with E-state index in [1.807, 2.05) is 0 Å².